The number of nitrogens with one attached hydrogen (secondary N) is 1. The molecule has 0 bridgehead atoms. The number of hydrogen-bond acceptors (Lipinski definition) is 5. The van der Waals surface area contributed by atoms with E-state index in [2.05, 4.69) is 5.32 Å². The van der Waals surface area contributed by atoms with E-state index >= 15 is 0 Å². The van der Waals surface area contributed by atoms with E-state index in [1.165, 1.54) is 7.11 Å². The number of ether oxygens (including phenoxy) is 2. The lowest BCUT2D eigenvalue weighted by molar-refractivity contribution is 0.0206. The Labute approximate surface area is 149 Å². The molecule has 1 heterocycles. The molecule has 1 aliphatic heterocycles. The number of esters is 1. The van der Waals surface area contributed by atoms with Crippen molar-refractivity contribution in [3.8, 4) is 0 Å². The summed E-state index contributed by atoms with van der Waals surface area (Å²) in [7, 11) is 1.38. The van der Waals surface area contributed by atoms with Crippen LogP contribution in [-0.2, 0) is 9.47 Å². The maximum atomic E-state index is 12.3. The molecular weight excluding hydrogens is 320 g/mol. The molecule has 1 aliphatic rings. The van der Waals surface area contributed by atoms with Gasteiger partial charge >= 0.3 is 12.1 Å². The van der Waals surface area contributed by atoms with Gasteiger partial charge in [-0.3, -0.25) is 0 Å². The van der Waals surface area contributed by atoms with E-state index in [1.807, 2.05) is 39.8 Å². The molecule has 1 atom stereocenters. The van der Waals surface area contributed by atoms with Gasteiger partial charge in [-0.2, -0.15) is 0 Å². The highest BCUT2D eigenvalue weighted by Gasteiger charge is 2.28. The van der Waals surface area contributed by atoms with Crippen LogP contribution < -0.4 is 5.32 Å². The van der Waals surface area contributed by atoms with E-state index in [9.17, 15) is 9.59 Å². The molecule has 0 aromatic heterocycles. The van der Waals surface area contributed by atoms with Gasteiger partial charge in [0, 0.05) is 24.8 Å². The van der Waals surface area contributed by atoms with Crippen molar-refractivity contribution >= 4 is 17.7 Å². The summed E-state index contributed by atoms with van der Waals surface area (Å²) in [5.41, 5.74) is 1.79. The summed E-state index contributed by atoms with van der Waals surface area (Å²) in [6, 6.07) is 5.64. The van der Waals surface area contributed by atoms with E-state index in [4.69, 9.17) is 9.47 Å². The molecule has 1 N–H and O–H groups in total. The Morgan fingerprint density at radius 1 is 1.28 bits per heavy atom. The normalized spacial score (nSPS) is 17.8. The first-order valence-corrected chi connectivity index (χ1v) is 8.63. The molecule has 1 saturated heterocycles. The third kappa shape index (κ3) is 5.11. The molecule has 0 aliphatic carbocycles. The fraction of sp³-hybridized carbons (Fsp3) is 0.579. The quantitative estimate of drug-likeness (QED) is 0.846. The molecular formula is C19H28N2O4. The number of carbonyl (C=O) groups is 2. The second-order valence-corrected chi connectivity index (χ2v) is 7.38. The van der Waals surface area contributed by atoms with Crippen molar-refractivity contribution in [2.45, 2.75) is 52.2 Å². The van der Waals surface area contributed by atoms with Gasteiger partial charge in [-0.1, -0.05) is 6.07 Å². The van der Waals surface area contributed by atoms with Crippen LogP contribution in [0.25, 0.3) is 0 Å². The standard InChI is InChI=1S/C19H28N2O4/c1-13-15(17(22)24-5)9-6-10-16(13)20-14-8-7-11-21(12-14)18(23)25-19(2,3)4/h6,9-10,14,20H,7-8,11-12H2,1-5H3. The number of piperidine rings is 1. The zero-order valence-corrected chi connectivity index (χ0v) is 15.7. The smallest absolute Gasteiger partial charge is 0.410 e. The summed E-state index contributed by atoms with van der Waals surface area (Å²) in [5, 5.41) is 3.46. The second kappa shape index (κ2) is 7.76. The molecule has 1 unspecified atom stereocenters. The SMILES string of the molecule is COC(=O)c1cccc(NC2CCCN(C(=O)OC(C)(C)C)C2)c1C. The van der Waals surface area contributed by atoms with Gasteiger partial charge in [-0.25, -0.2) is 9.59 Å². The summed E-state index contributed by atoms with van der Waals surface area (Å²) in [4.78, 5) is 25.9. The number of methoxy groups -OCH3 is 1. The fourth-order valence-electron chi connectivity index (χ4n) is 2.93. The van der Waals surface area contributed by atoms with E-state index in [0.717, 1.165) is 24.1 Å². The van der Waals surface area contributed by atoms with Crippen LogP contribution in [0.3, 0.4) is 0 Å². The van der Waals surface area contributed by atoms with Crippen molar-refractivity contribution in [2.24, 2.45) is 0 Å². The molecule has 1 fully saturated rings. The monoisotopic (exact) mass is 348 g/mol. The third-order valence-electron chi connectivity index (χ3n) is 4.17. The summed E-state index contributed by atoms with van der Waals surface area (Å²) in [6.45, 7) is 8.78. The molecule has 25 heavy (non-hydrogen) atoms. The molecule has 1 aromatic rings. The van der Waals surface area contributed by atoms with Crippen LogP contribution in [-0.4, -0.2) is 48.8 Å². The average Bonchev–Trinajstić information content (AvgIpc) is 2.55. The molecule has 0 saturated carbocycles. The number of rotatable bonds is 3. The molecule has 0 spiro atoms. The summed E-state index contributed by atoms with van der Waals surface area (Å²) in [6.07, 6.45) is 1.59. The van der Waals surface area contributed by atoms with E-state index in [1.54, 1.807) is 11.0 Å². The molecule has 1 amide bonds. The van der Waals surface area contributed by atoms with Gasteiger partial charge < -0.3 is 19.7 Å². The first kappa shape index (κ1) is 19.1. The lowest BCUT2D eigenvalue weighted by Gasteiger charge is -2.35. The van der Waals surface area contributed by atoms with Gasteiger partial charge in [0.25, 0.3) is 0 Å². The first-order valence-electron chi connectivity index (χ1n) is 8.63. The summed E-state index contributed by atoms with van der Waals surface area (Å²) in [5.74, 6) is -0.347. The van der Waals surface area contributed by atoms with Gasteiger partial charge in [0.1, 0.15) is 5.60 Å². The molecule has 6 nitrogen and oxygen atoms in total. The summed E-state index contributed by atoms with van der Waals surface area (Å²) >= 11 is 0. The number of likely N-dealkylation sites (tertiary alicyclic amines) is 1. The highest BCUT2D eigenvalue weighted by atomic mass is 16.6. The van der Waals surface area contributed by atoms with Gasteiger partial charge in [-0.05, 0) is 58.2 Å². The lowest BCUT2D eigenvalue weighted by atomic mass is 10.0. The Bertz CT molecular complexity index is 637. The minimum Gasteiger partial charge on any atom is -0.465 e. The van der Waals surface area contributed by atoms with Crippen molar-refractivity contribution in [2.75, 3.05) is 25.5 Å². The van der Waals surface area contributed by atoms with Crippen molar-refractivity contribution in [3.63, 3.8) is 0 Å². The molecule has 0 radical (unpaired) electrons. The number of anilines is 1. The largest absolute Gasteiger partial charge is 0.465 e. The van der Waals surface area contributed by atoms with Gasteiger partial charge in [0.2, 0.25) is 0 Å². The number of amides is 1. The Balaban J connectivity index is 2.06. The number of benzene rings is 1. The van der Waals surface area contributed by atoms with Crippen molar-refractivity contribution in [1.82, 2.24) is 4.90 Å². The van der Waals surface area contributed by atoms with Crippen molar-refractivity contribution in [1.29, 1.82) is 0 Å². The predicted octanol–water partition coefficient (Wildman–Crippen LogP) is 3.59. The molecule has 138 valence electrons. The van der Waals surface area contributed by atoms with Crippen LogP contribution in [0.15, 0.2) is 18.2 Å². The van der Waals surface area contributed by atoms with E-state index < -0.39 is 5.60 Å². The highest BCUT2D eigenvalue weighted by molar-refractivity contribution is 5.92. The minimum atomic E-state index is -0.497. The molecule has 1 aromatic carbocycles. The molecule has 2 rings (SSSR count). The first-order chi connectivity index (χ1) is 11.7. The Morgan fingerprint density at radius 2 is 2.00 bits per heavy atom. The van der Waals surface area contributed by atoms with Crippen molar-refractivity contribution in [3.05, 3.63) is 29.3 Å². The van der Waals surface area contributed by atoms with Gasteiger partial charge in [0.05, 0.1) is 12.7 Å². The Kier molecular flexibility index (Phi) is 5.93. The van der Waals surface area contributed by atoms with Crippen LogP contribution in [0.5, 0.6) is 0 Å². The third-order valence-corrected chi connectivity index (χ3v) is 4.17. The van der Waals surface area contributed by atoms with Crippen LogP contribution in [0.2, 0.25) is 0 Å². The van der Waals surface area contributed by atoms with E-state index in [-0.39, 0.29) is 18.1 Å². The van der Waals surface area contributed by atoms with Crippen LogP contribution in [0.1, 0.15) is 49.5 Å². The van der Waals surface area contributed by atoms with Crippen molar-refractivity contribution < 1.29 is 19.1 Å². The fourth-order valence-corrected chi connectivity index (χ4v) is 2.93. The number of hydrogen-bond donors (Lipinski definition) is 1. The maximum Gasteiger partial charge on any atom is 0.410 e. The maximum absolute atomic E-state index is 12.3. The van der Waals surface area contributed by atoms with E-state index in [0.29, 0.717) is 18.7 Å². The number of nitrogens with zero attached hydrogens (tertiary/aromatic N) is 1. The van der Waals surface area contributed by atoms with Crippen LogP contribution in [0, 0.1) is 6.92 Å². The zero-order valence-electron chi connectivity index (χ0n) is 15.7. The Hall–Kier alpha value is -2.24. The average molecular weight is 348 g/mol. The number of carbonyl (C=O) groups excluding carboxylic acids is 2. The van der Waals surface area contributed by atoms with Crippen LogP contribution in [0.4, 0.5) is 10.5 Å². The minimum absolute atomic E-state index is 0.118. The van der Waals surface area contributed by atoms with Crippen LogP contribution >= 0.6 is 0 Å². The Morgan fingerprint density at radius 3 is 2.64 bits per heavy atom. The van der Waals surface area contributed by atoms with Gasteiger partial charge in [-0.15, -0.1) is 0 Å². The predicted molar refractivity (Wildman–Crippen MR) is 97.0 cm³/mol. The van der Waals surface area contributed by atoms with Gasteiger partial charge in [0.15, 0.2) is 0 Å². The molecule has 6 heteroatoms. The zero-order chi connectivity index (χ0) is 18.6. The second-order valence-electron chi connectivity index (χ2n) is 7.38. The topological polar surface area (TPSA) is 67.9 Å². The lowest BCUT2D eigenvalue weighted by Crippen LogP contribution is -2.47. The summed E-state index contributed by atoms with van der Waals surface area (Å²) < 4.78 is 10.3. The highest BCUT2D eigenvalue weighted by Crippen LogP contribution is 2.23.